The number of hydrogen-bond donors (Lipinski definition) is 1. The first-order valence-corrected chi connectivity index (χ1v) is 10.1. The SMILES string of the molecule is O=C(CC(c1ccccc1)c1ccccc1)NCCn1cnc(C2CC2)cc1=O. The van der Waals surface area contributed by atoms with Gasteiger partial charge in [0.05, 0.1) is 12.0 Å². The van der Waals surface area contributed by atoms with Crippen LogP contribution in [0, 0.1) is 0 Å². The lowest BCUT2D eigenvalue weighted by Gasteiger charge is -2.18. The fraction of sp³-hybridized carbons (Fsp3) is 0.292. The van der Waals surface area contributed by atoms with Crippen LogP contribution in [0.2, 0.25) is 0 Å². The molecule has 1 heterocycles. The number of nitrogens with zero attached hydrogens (tertiary/aromatic N) is 2. The van der Waals surface area contributed by atoms with Gasteiger partial charge in [-0.25, -0.2) is 4.98 Å². The van der Waals surface area contributed by atoms with Crippen LogP contribution < -0.4 is 10.9 Å². The van der Waals surface area contributed by atoms with Gasteiger partial charge in [-0.15, -0.1) is 0 Å². The van der Waals surface area contributed by atoms with Gasteiger partial charge < -0.3 is 5.32 Å². The monoisotopic (exact) mass is 387 g/mol. The zero-order valence-electron chi connectivity index (χ0n) is 16.3. The Labute approximate surface area is 170 Å². The maximum Gasteiger partial charge on any atom is 0.253 e. The van der Waals surface area contributed by atoms with Gasteiger partial charge in [-0.2, -0.15) is 0 Å². The summed E-state index contributed by atoms with van der Waals surface area (Å²) in [5.41, 5.74) is 3.07. The van der Waals surface area contributed by atoms with Crippen molar-refractivity contribution in [2.75, 3.05) is 6.54 Å². The normalized spacial score (nSPS) is 13.4. The molecule has 4 rings (SSSR count). The lowest BCUT2D eigenvalue weighted by Crippen LogP contribution is -2.31. The van der Waals surface area contributed by atoms with Crippen LogP contribution in [0.25, 0.3) is 0 Å². The minimum atomic E-state index is -0.0532. The highest BCUT2D eigenvalue weighted by molar-refractivity contribution is 5.77. The number of carbonyl (C=O) groups excluding carboxylic acids is 1. The fourth-order valence-electron chi connectivity index (χ4n) is 3.58. The Morgan fingerprint density at radius 3 is 2.21 bits per heavy atom. The molecule has 29 heavy (non-hydrogen) atoms. The van der Waals surface area contributed by atoms with Gasteiger partial charge in [-0.05, 0) is 24.0 Å². The first-order valence-electron chi connectivity index (χ1n) is 10.1. The Morgan fingerprint density at radius 2 is 1.66 bits per heavy atom. The number of aromatic nitrogens is 2. The molecule has 0 spiro atoms. The second kappa shape index (κ2) is 8.86. The highest BCUT2D eigenvalue weighted by Gasteiger charge is 2.25. The van der Waals surface area contributed by atoms with E-state index < -0.39 is 0 Å². The molecule has 3 aromatic rings. The number of nitrogens with one attached hydrogen (secondary N) is 1. The first-order chi connectivity index (χ1) is 14.2. The van der Waals surface area contributed by atoms with Crippen molar-refractivity contribution in [3.05, 3.63) is 100 Å². The Kier molecular flexibility index (Phi) is 5.84. The van der Waals surface area contributed by atoms with Crippen molar-refractivity contribution < 1.29 is 4.79 Å². The van der Waals surface area contributed by atoms with E-state index in [0.717, 1.165) is 29.7 Å². The van der Waals surface area contributed by atoms with Gasteiger partial charge in [0.2, 0.25) is 5.91 Å². The van der Waals surface area contributed by atoms with Gasteiger partial charge in [-0.3, -0.25) is 14.2 Å². The van der Waals surface area contributed by atoms with E-state index >= 15 is 0 Å². The molecule has 5 nitrogen and oxygen atoms in total. The lowest BCUT2D eigenvalue weighted by molar-refractivity contribution is -0.121. The molecular formula is C24H25N3O2. The minimum Gasteiger partial charge on any atom is -0.354 e. The average molecular weight is 387 g/mol. The summed E-state index contributed by atoms with van der Waals surface area (Å²) in [5.74, 6) is 0.433. The molecule has 0 atom stereocenters. The van der Waals surface area contributed by atoms with Crippen molar-refractivity contribution in [1.29, 1.82) is 0 Å². The van der Waals surface area contributed by atoms with Crippen molar-refractivity contribution >= 4 is 5.91 Å². The van der Waals surface area contributed by atoms with E-state index in [1.54, 1.807) is 17.0 Å². The molecule has 1 saturated carbocycles. The summed E-state index contributed by atoms with van der Waals surface area (Å²) in [5, 5.41) is 2.95. The summed E-state index contributed by atoms with van der Waals surface area (Å²) in [6, 6.07) is 21.8. The first kappa shape index (κ1) is 19.1. The Hall–Kier alpha value is -3.21. The molecule has 2 aromatic carbocycles. The summed E-state index contributed by atoms with van der Waals surface area (Å²) in [6.45, 7) is 0.823. The Balaban J connectivity index is 1.36. The molecule has 5 heteroatoms. The topological polar surface area (TPSA) is 64.0 Å². The van der Waals surface area contributed by atoms with E-state index in [-0.39, 0.29) is 17.4 Å². The van der Waals surface area contributed by atoms with Crippen LogP contribution in [0.5, 0.6) is 0 Å². The van der Waals surface area contributed by atoms with E-state index in [4.69, 9.17) is 0 Å². The number of carbonyl (C=O) groups is 1. The molecule has 0 unspecified atom stereocenters. The van der Waals surface area contributed by atoms with Crippen molar-refractivity contribution in [2.24, 2.45) is 0 Å². The molecule has 1 aliphatic carbocycles. The molecule has 148 valence electrons. The van der Waals surface area contributed by atoms with Crippen LogP contribution >= 0.6 is 0 Å². The second-order valence-electron chi connectivity index (χ2n) is 7.55. The van der Waals surface area contributed by atoms with Crippen LogP contribution in [0.3, 0.4) is 0 Å². The van der Waals surface area contributed by atoms with Crippen LogP contribution in [0.4, 0.5) is 0 Å². The third-order valence-corrected chi connectivity index (χ3v) is 5.36. The molecule has 1 aromatic heterocycles. The molecule has 1 amide bonds. The van der Waals surface area contributed by atoms with Crippen molar-refractivity contribution in [3.63, 3.8) is 0 Å². The van der Waals surface area contributed by atoms with E-state index in [0.29, 0.717) is 25.4 Å². The summed E-state index contributed by atoms with van der Waals surface area (Å²) >= 11 is 0. The van der Waals surface area contributed by atoms with E-state index in [9.17, 15) is 9.59 Å². The molecule has 1 N–H and O–H groups in total. The van der Waals surface area contributed by atoms with Crippen molar-refractivity contribution in [1.82, 2.24) is 14.9 Å². The predicted octanol–water partition coefficient (Wildman–Crippen LogP) is 3.46. The lowest BCUT2D eigenvalue weighted by atomic mass is 9.88. The van der Waals surface area contributed by atoms with Gasteiger partial charge in [0, 0.05) is 37.4 Å². The van der Waals surface area contributed by atoms with E-state index in [2.05, 4.69) is 34.6 Å². The largest absolute Gasteiger partial charge is 0.354 e. The highest BCUT2D eigenvalue weighted by atomic mass is 16.1. The maximum atomic E-state index is 12.6. The maximum absolute atomic E-state index is 12.6. The number of rotatable bonds is 8. The number of hydrogen-bond acceptors (Lipinski definition) is 3. The van der Waals surface area contributed by atoms with Gasteiger partial charge in [-0.1, -0.05) is 60.7 Å². The average Bonchev–Trinajstić information content (AvgIpc) is 3.60. The van der Waals surface area contributed by atoms with Gasteiger partial charge in [0.25, 0.3) is 5.56 Å². The molecule has 1 fully saturated rings. The molecule has 0 bridgehead atoms. The highest BCUT2D eigenvalue weighted by Crippen LogP contribution is 2.38. The van der Waals surface area contributed by atoms with Crippen molar-refractivity contribution in [3.8, 4) is 0 Å². The standard InChI is InChI=1S/C24H25N3O2/c28-23(25-13-14-27-17-26-22(16-24(27)29)20-11-12-20)15-21(18-7-3-1-4-8-18)19-9-5-2-6-10-19/h1-10,16-17,20-21H,11-15H2,(H,25,28). The fourth-order valence-corrected chi connectivity index (χ4v) is 3.58. The Bertz CT molecular complexity index is 972. The van der Waals surface area contributed by atoms with Crippen molar-refractivity contribution in [2.45, 2.75) is 37.6 Å². The van der Waals surface area contributed by atoms with Gasteiger partial charge in [0.15, 0.2) is 0 Å². The van der Waals surface area contributed by atoms with E-state index in [1.807, 2.05) is 36.4 Å². The van der Waals surface area contributed by atoms with Gasteiger partial charge in [0.1, 0.15) is 0 Å². The zero-order chi connectivity index (χ0) is 20.1. The smallest absolute Gasteiger partial charge is 0.253 e. The van der Waals surface area contributed by atoms with E-state index in [1.165, 1.54) is 0 Å². The summed E-state index contributed by atoms with van der Waals surface area (Å²) in [7, 11) is 0. The van der Waals surface area contributed by atoms with Crippen LogP contribution in [0.1, 0.15) is 47.9 Å². The Morgan fingerprint density at radius 1 is 1.03 bits per heavy atom. The number of amides is 1. The minimum absolute atomic E-state index is 0.000357. The zero-order valence-corrected chi connectivity index (χ0v) is 16.3. The molecule has 0 aliphatic heterocycles. The quantitative estimate of drug-likeness (QED) is 0.644. The summed E-state index contributed by atoms with van der Waals surface area (Å²) < 4.78 is 1.55. The predicted molar refractivity (Wildman–Crippen MR) is 113 cm³/mol. The van der Waals surface area contributed by atoms with Gasteiger partial charge >= 0.3 is 0 Å². The molecule has 1 aliphatic rings. The molecule has 0 saturated heterocycles. The summed E-state index contributed by atoms with van der Waals surface area (Å²) in [6.07, 6.45) is 4.20. The summed E-state index contributed by atoms with van der Waals surface area (Å²) in [4.78, 5) is 29.2. The molecular weight excluding hydrogens is 362 g/mol. The third kappa shape index (κ3) is 4.99. The van der Waals surface area contributed by atoms with Crippen LogP contribution in [-0.2, 0) is 11.3 Å². The van der Waals surface area contributed by atoms with Crippen LogP contribution in [0.15, 0.2) is 77.9 Å². The molecule has 0 radical (unpaired) electrons. The second-order valence-corrected chi connectivity index (χ2v) is 7.55. The number of benzene rings is 2. The van der Waals surface area contributed by atoms with Crippen LogP contribution in [-0.4, -0.2) is 22.0 Å². The third-order valence-electron chi connectivity index (χ3n) is 5.36.